The van der Waals surface area contributed by atoms with E-state index < -0.39 is 0 Å². The van der Waals surface area contributed by atoms with Gasteiger partial charge in [0.2, 0.25) is 0 Å². The fourth-order valence-electron chi connectivity index (χ4n) is 2.52. The van der Waals surface area contributed by atoms with Gasteiger partial charge in [0.15, 0.2) is 0 Å². The summed E-state index contributed by atoms with van der Waals surface area (Å²) in [7, 11) is 0. The van der Waals surface area contributed by atoms with Crippen LogP contribution in [0.1, 0.15) is 36.0 Å². The number of rotatable bonds is 4. The lowest BCUT2D eigenvalue weighted by Gasteiger charge is -2.26. The highest BCUT2D eigenvalue weighted by Crippen LogP contribution is 2.36. The monoisotopic (exact) mass is 329 g/mol. The molecular weight excluding hydrogens is 313 g/mol. The minimum Gasteiger partial charge on any atom is -0.396 e. The SMILES string of the molecule is O=C(NCC1(CO)CCCC1)c1ccc(F)c(Br)c1. The summed E-state index contributed by atoms with van der Waals surface area (Å²) in [4.78, 5) is 12.0. The molecule has 3 nitrogen and oxygen atoms in total. The first-order valence-electron chi connectivity index (χ1n) is 6.40. The number of carbonyl (C=O) groups is 1. The third kappa shape index (κ3) is 3.34. The third-order valence-electron chi connectivity index (χ3n) is 3.81. The minimum absolute atomic E-state index is 0.0976. The van der Waals surface area contributed by atoms with Crippen LogP contribution < -0.4 is 5.32 Å². The quantitative estimate of drug-likeness (QED) is 0.892. The molecule has 0 unspecified atom stereocenters. The summed E-state index contributed by atoms with van der Waals surface area (Å²) in [6.45, 7) is 0.567. The molecule has 1 aliphatic carbocycles. The normalized spacial score (nSPS) is 17.4. The lowest BCUT2D eigenvalue weighted by molar-refractivity contribution is 0.0880. The van der Waals surface area contributed by atoms with E-state index in [1.165, 1.54) is 18.2 Å². The Balaban J connectivity index is 1.99. The van der Waals surface area contributed by atoms with Gasteiger partial charge in [0.1, 0.15) is 5.82 Å². The molecule has 0 atom stereocenters. The van der Waals surface area contributed by atoms with Gasteiger partial charge in [0.05, 0.1) is 11.1 Å². The van der Waals surface area contributed by atoms with Crippen LogP contribution in [-0.2, 0) is 0 Å². The first-order valence-corrected chi connectivity index (χ1v) is 7.20. The van der Waals surface area contributed by atoms with Crippen molar-refractivity contribution in [1.29, 1.82) is 0 Å². The van der Waals surface area contributed by atoms with Gasteiger partial charge in [-0.2, -0.15) is 0 Å². The molecule has 104 valence electrons. The van der Waals surface area contributed by atoms with Crippen LogP contribution in [0.3, 0.4) is 0 Å². The zero-order valence-corrected chi connectivity index (χ0v) is 12.2. The molecule has 0 spiro atoms. The second-order valence-electron chi connectivity index (χ2n) is 5.18. The number of nitrogens with one attached hydrogen (secondary N) is 1. The predicted molar refractivity (Wildman–Crippen MR) is 74.4 cm³/mol. The average molecular weight is 330 g/mol. The highest BCUT2D eigenvalue weighted by molar-refractivity contribution is 9.10. The molecule has 2 N–H and O–H groups in total. The summed E-state index contributed by atoms with van der Waals surface area (Å²) < 4.78 is 13.4. The molecule has 0 aromatic heterocycles. The van der Waals surface area contributed by atoms with Crippen LogP contribution >= 0.6 is 15.9 Å². The third-order valence-corrected chi connectivity index (χ3v) is 4.41. The topological polar surface area (TPSA) is 49.3 Å². The van der Waals surface area contributed by atoms with Crippen molar-refractivity contribution in [3.63, 3.8) is 0 Å². The van der Waals surface area contributed by atoms with E-state index in [-0.39, 0.29) is 28.2 Å². The van der Waals surface area contributed by atoms with Crippen molar-refractivity contribution >= 4 is 21.8 Å². The molecule has 1 aromatic rings. The van der Waals surface area contributed by atoms with Crippen LogP contribution in [0.4, 0.5) is 4.39 Å². The van der Waals surface area contributed by atoms with Crippen LogP contribution in [0.15, 0.2) is 22.7 Å². The van der Waals surface area contributed by atoms with E-state index in [1.807, 2.05) is 0 Å². The molecule has 2 rings (SSSR count). The van der Waals surface area contributed by atoms with Crippen molar-refractivity contribution in [3.8, 4) is 0 Å². The Morgan fingerprint density at radius 2 is 2.11 bits per heavy atom. The molecule has 1 aliphatic rings. The number of hydrogen-bond donors (Lipinski definition) is 2. The minimum atomic E-state index is -0.390. The molecule has 1 saturated carbocycles. The van der Waals surface area contributed by atoms with Gasteiger partial charge < -0.3 is 10.4 Å². The summed E-state index contributed by atoms with van der Waals surface area (Å²) in [6, 6.07) is 4.18. The second kappa shape index (κ2) is 6.01. The fraction of sp³-hybridized carbons (Fsp3) is 0.500. The highest BCUT2D eigenvalue weighted by Gasteiger charge is 2.33. The van der Waals surface area contributed by atoms with Crippen molar-refractivity contribution in [1.82, 2.24) is 5.32 Å². The molecule has 19 heavy (non-hydrogen) atoms. The van der Waals surface area contributed by atoms with Gasteiger partial charge in [-0.3, -0.25) is 4.79 Å². The lowest BCUT2D eigenvalue weighted by Crippen LogP contribution is -2.38. The molecule has 0 radical (unpaired) electrons. The molecule has 0 bridgehead atoms. The van der Waals surface area contributed by atoms with Crippen LogP contribution in [0.5, 0.6) is 0 Å². The first-order chi connectivity index (χ1) is 9.06. The summed E-state index contributed by atoms with van der Waals surface area (Å²) in [5.74, 6) is -0.625. The van der Waals surface area contributed by atoms with Gasteiger partial charge >= 0.3 is 0 Å². The molecule has 0 aliphatic heterocycles. The number of hydrogen-bond acceptors (Lipinski definition) is 2. The molecule has 1 fully saturated rings. The van der Waals surface area contributed by atoms with E-state index in [0.29, 0.717) is 12.1 Å². The molecule has 1 aromatic carbocycles. The van der Waals surface area contributed by atoms with Crippen LogP contribution in [0, 0.1) is 11.2 Å². The first kappa shape index (κ1) is 14.5. The number of aliphatic hydroxyl groups excluding tert-OH is 1. The number of carbonyl (C=O) groups excluding carboxylic acids is 1. The molecule has 5 heteroatoms. The van der Waals surface area contributed by atoms with E-state index in [0.717, 1.165) is 25.7 Å². The largest absolute Gasteiger partial charge is 0.396 e. The highest BCUT2D eigenvalue weighted by atomic mass is 79.9. The maximum absolute atomic E-state index is 13.1. The number of halogens is 2. The second-order valence-corrected chi connectivity index (χ2v) is 6.03. The zero-order chi connectivity index (χ0) is 13.9. The Morgan fingerprint density at radius 3 is 2.68 bits per heavy atom. The van der Waals surface area contributed by atoms with Crippen LogP contribution in [0.2, 0.25) is 0 Å². The van der Waals surface area contributed by atoms with E-state index in [9.17, 15) is 14.3 Å². The zero-order valence-electron chi connectivity index (χ0n) is 10.6. The number of amides is 1. The Morgan fingerprint density at radius 1 is 1.42 bits per heavy atom. The predicted octanol–water partition coefficient (Wildman–Crippen LogP) is 2.87. The Labute approximate surface area is 120 Å². The number of benzene rings is 1. The van der Waals surface area contributed by atoms with Gasteiger partial charge in [0, 0.05) is 17.5 Å². The summed E-state index contributed by atoms with van der Waals surface area (Å²) in [5.41, 5.74) is 0.242. The van der Waals surface area contributed by atoms with Crippen molar-refractivity contribution in [2.45, 2.75) is 25.7 Å². The van der Waals surface area contributed by atoms with E-state index in [2.05, 4.69) is 21.2 Å². The standard InChI is InChI=1S/C14H17BrFNO2/c15-11-7-10(3-4-12(11)16)13(19)17-8-14(9-18)5-1-2-6-14/h3-4,7,18H,1-2,5-6,8-9H2,(H,17,19). The molecule has 0 heterocycles. The molecule has 0 saturated heterocycles. The van der Waals surface area contributed by atoms with Gasteiger partial charge in [-0.1, -0.05) is 12.8 Å². The lowest BCUT2D eigenvalue weighted by atomic mass is 9.87. The number of aliphatic hydroxyl groups is 1. The smallest absolute Gasteiger partial charge is 0.251 e. The summed E-state index contributed by atoms with van der Waals surface area (Å²) in [6.07, 6.45) is 4.07. The van der Waals surface area contributed by atoms with Crippen LogP contribution in [-0.4, -0.2) is 24.2 Å². The average Bonchev–Trinajstić information content (AvgIpc) is 2.89. The van der Waals surface area contributed by atoms with Crippen molar-refractivity contribution < 1.29 is 14.3 Å². The van der Waals surface area contributed by atoms with Crippen molar-refractivity contribution in [2.24, 2.45) is 5.41 Å². The van der Waals surface area contributed by atoms with Crippen molar-refractivity contribution in [2.75, 3.05) is 13.2 Å². The maximum Gasteiger partial charge on any atom is 0.251 e. The van der Waals surface area contributed by atoms with Crippen molar-refractivity contribution in [3.05, 3.63) is 34.1 Å². The van der Waals surface area contributed by atoms with E-state index >= 15 is 0 Å². The summed E-state index contributed by atoms with van der Waals surface area (Å²) in [5, 5.41) is 12.3. The fourth-order valence-corrected chi connectivity index (χ4v) is 2.90. The van der Waals surface area contributed by atoms with Crippen LogP contribution in [0.25, 0.3) is 0 Å². The molecule has 1 amide bonds. The van der Waals surface area contributed by atoms with Gasteiger partial charge in [-0.15, -0.1) is 0 Å². The van der Waals surface area contributed by atoms with Gasteiger partial charge in [0.25, 0.3) is 5.91 Å². The van der Waals surface area contributed by atoms with E-state index in [4.69, 9.17) is 0 Å². The Bertz CT molecular complexity index is 473. The Kier molecular flexibility index (Phi) is 4.58. The van der Waals surface area contributed by atoms with Gasteiger partial charge in [-0.05, 0) is 47.0 Å². The summed E-state index contributed by atoms with van der Waals surface area (Å²) >= 11 is 3.06. The maximum atomic E-state index is 13.1. The van der Waals surface area contributed by atoms with Gasteiger partial charge in [-0.25, -0.2) is 4.39 Å². The molecular formula is C14H17BrFNO2. The van der Waals surface area contributed by atoms with E-state index in [1.54, 1.807) is 0 Å². The Hall–Kier alpha value is -0.940.